The number of hydrogen-bond acceptors (Lipinski definition) is 5. The molecule has 0 atom stereocenters. The number of amides is 1. The van der Waals surface area contributed by atoms with Gasteiger partial charge in [-0.05, 0) is 44.6 Å². The van der Waals surface area contributed by atoms with Gasteiger partial charge in [0.25, 0.3) is 5.91 Å². The molecule has 2 heterocycles. The van der Waals surface area contributed by atoms with E-state index in [0.29, 0.717) is 12.3 Å². The Morgan fingerprint density at radius 3 is 2.38 bits per heavy atom. The summed E-state index contributed by atoms with van der Waals surface area (Å²) in [6.07, 6.45) is 3.60. The van der Waals surface area contributed by atoms with Gasteiger partial charge in [-0.1, -0.05) is 0 Å². The Labute approximate surface area is 126 Å². The van der Waals surface area contributed by atoms with Gasteiger partial charge >= 0.3 is 0 Å². The number of hydrogen-bond donors (Lipinski definition) is 3. The molecule has 0 spiro atoms. The van der Waals surface area contributed by atoms with Crippen molar-refractivity contribution in [2.24, 2.45) is 0 Å². The minimum absolute atomic E-state index is 0.0180. The number of carbonyl (C=O) groups is 1. The molecule has 1 aromatic rings. The van der Waals surface area contributed by atoms with Crippen LogP contribution in [0.4, 0.5) is 0 Å². The molecule has 0 unspecified atom stereocenters. The second-order valence-corrected chi connectivity index (χ2v) is 5.23. The van der Waals surface area contributed by atoms with E-state index in [-0.39, 0.29) is 5.91 Å². The molecule has 118 valence electrons. The van der Waals surface area contributed by atoms with Gasteiger partial charge in [-0.15, -0.1) is 0 Å². The first-order valence-electron chi connectivity index (χ1n) is 7.83. The molecule has 0 saturated carbocycles. The number of nitrogens with one attached hydrogen (secondary N) is 3. The smallest absolute Gasteiger partial charge is 0.289 e. The van der Waals surface area contributed by atoms with Crippen LogP contribution in [0.3, 0.4) is 0 Å². The van der Waals surface area contributed by atoms with E-state index in [1.807, 2.05) is 4.90 Å². The van der Waals surface area contributed by atoms with Crippen molar-refractivity contribution >= 4 is 5.91 Å². The number of nitrogens with zero attached hydrogens (tertiary/aromatic N) is 1. The largest absolute Gasteiger partial charge is 0.459 e. The molecule has 0 aromatic carbocycles. The summed E-state index contributed by atoms with van der Waals surface area (Å²) in [4.78, 5) is 14.2. The van der Waals surface area contributed by atoms with Crippen molar-refractivity contribution in [3.63, 3.8) is 0 Å². The zero-order valence-electron chi connectivity index (χ0n) is 12.6. The topological polar surface area (TPSA) is 69.5 Å². The molecule has 21 heavy (non-hydrogen) atoms. The minimum atomic E-state index is -0.0180. The molecular weight excluding hydrogens is 268 g/mol. The van der Waals surface area contributed by atoms with Gasteiger partial charge in [-0.2, -0.15) is 0 Å². The van der Waals surface area contributed by atoms with Crippen LogP contribution in [0.15, 0.2) is 22.8 Å². The van der Waals surface area contributed by atoms with Crippen molar-refractivity contribution in [2.75, 3.05) is 52.4 Å². The van der Waals surface area contributed by atoms with Crippen molar-refractivity contribution in [3.05, 3.63) is 24.2 Å². The summed E-state index contributed by atoms with van der Waals surface area (Å²) in [5.41, 5.74) is 0. The molecule has 1 aromatic heterocycles. The molecular formula is C15H26N4O2. The molecule has 6 nitrogen and oxygen atoms in total. The maximum Gasteiger partial charge on any atom is 0.289 e. The molecule has 1 saturated heterocycles. The third kappa shape index (κ3) is 5.87. The van der Waals surface area contributed by atoms with Crippen LogP contribution in [-0.4, -0.2) is 63.2 Å². The van der Waals surface area contributed by atoms with Gasteiger partial charge in [0.1, 0.15) is 0 Å². The monoisotopic (exact) mass is 294 g/mol. The van der Waals surface area contributed by atoms with Crippen LogP contribution in [-0.2, 0) is 0 Å². The van der Waals surface area contributed by atoms with Gasteiger partial charge in [0.2, 0.25) is 0 Å². The highest BCUT2D eigenvalue weighted by atomic mass is 16.3. The van der Waals surface area contributed by atoms with Crippen LogP contribution in [0.5, 0.6) is 0 Å². The van der Waals surface area contributed by atoms with Gasteiger partial charge in [0.15, 0.2) is 5.76 Å². The van der Waals surface area contributed by atoms with Gasteiger partial charge in [-0.3, -0.25) is 4.79 Å². The lowest BCUT2D eigenvalue weighted by Crippen LogP contribution is -2.39. The van der Waals surface area contributed by atoms with Crippen LogP contribution in [0.1, 0.15) is 23.4 Å². The molecule has 0 bridgehead atoms. The standard InChI is InChI=1S/C15H26N4O2/c20-15(14-4-1-13-21-14)19-11-3-7-17-9-8-16-5-2-6-18-10-12-19/h1,4,13,16-18H,2-3,5-12H2. The third-order valence-corrected chi connectivity index (χ3v) is 3.54. The average Bonchev–Trinajstić information content (AvgIpc) is 3.03. The molecule has 2 rings (SSSR count). The zero-order chi connectivity index (χ0) is 14.8. The molecule has 0 radical (unpaired) electrons. The number of furan rings is 1. The van der Waals surface area contributed by atoms with Crippen LogP contribution in [0, 0.1) is 0 Å². The predicted molar refractivity (Wildman–Crippen MR) is 82.5 cm³/mol. The number of rotatable bonds is 1. The van der Waals surface area contributed by atoms with E-state index in [4.69, 9.17) is 4.42 Å². The van der Waals surface area contributed by atoms with E-state index in [1.54, 1.807) is 18.4 Å². The first-order chi connectivity index (χ1) is 10.4. The summed E-state index contributed by atoms with van der Waals surface area (Å²) in [5.74, 6) is 0.406. The van der Waals surface area contributed by atoms with Crippen LogP contribution < -0.4 is 16.0 Å². The van der Waals surface area contributed by atoms with E-state index in [2.05, 4.69) is 16.0 Å². The SMILES string of the molecule is O=C(c1ccco1)N1CCCNCCNCCCNCC1. The first-order valence-corrected chi connectivity index (χ1v) is 7.83. The fourth-order valence-corrected chi connectivity index (χ4v) is 2.37. The summed E-state index contributed by atoms with van der Waals surface area (Å²) in [6, 6.07) is 3.48. The highest BCUT2D eigenvalue weighted by molar-refractivity contribution is 5.91. The Balaban J connectivity index is 1.85. The first kappa shape index (κ1) is 16.0. The van der Waals surface area contributed by atoms with Crippen LogP contribution >= 0.6 is 0 Å². The second-order valence-electron chi connectivity index (χ2n) is 5.23. The van der Waals surface area contributed by atoms with Crippen molar-refractivity contribution < 1.29 is 9.21 Å². The van der Waals surface area contributed by atoms with E-state index >= 15 is 0 Å². The quantitative estimate of drug-likeness (QED) is 0.694. The van der Waals surface area contributed by atoms with Gasteiger partial charge < -0.3 is 25.3 Å². The summed E-state index contributed by atoms with van der Waals surface area (Å²) in [7, 11) is 0. The highest BCUT2D eigenvalue weighted by Gasteiger charge is 2.17. The molecule has 6 heteroatoms. The number of carbonyl (C=O) groups excluding carboxylic acids is 1. The molecule has 1 fully saturated rings. The Morgan fingerprint density at radius 2 is 1.67 bits per heavy atom. The average molecular weight is 294 g/mol. The van der Waals surface area contributed by atoms with E-state index in [1.165, 1.54) is 0 Å². The molecule has 1 aliphatic heterocycles. The third-order valence-electron chi connectivity index (χ3n) is 3.54. The fraction of sp³-hybridized carbons (Fsp3) is 0.667. The Morgan fingerprint density at radius 1 is 0.952 bits per heavy atom. The van der Waals surface area contributed by atoms with Crippen molar-refractivity contribution in [3.8, 4) is 0 Å². The zero-order valence-corrected chi connectivity index (χ0v) is 12.6. The molecule has 3 N–H and O–H groups in total. The van der Waals surface area contributed by atoms with Gasteiger partial charge in [0, 0.05) is 32.7 Å². The summed E-state index contributed by atoms with van der Waals surface area (Å²) >= 11 is 0. The lowest BCUT2D eigenvalue weighted by Gasteiger charge is -2.22. The van der Waals surface area contributed by atoms with Gasteiger partial charge in [-0.25, -0.2) is 0 Å². The Hall–Kier alpha value is -1.37. The molecule has 1 aliphatic rings. The van der Waals surface area contributed by atoms with Crippen molar-refractivity contribution in [1.82, 2.24) is 20.9 Å². The lowest BCUT2D eigenvalue weighted by molar-refractivity contribution is 0.0723. The normalized spacial score (nSPS) is 19.9. The Kier molecular flexibility index (Phi) is 7.28. The maximum absolute atomic E-state index is 12.4. The minimum Gasteiger partial charge on any atom is -0.459 e. The fourth-order valence-electron chi connectivity index (χ4n) is 2.37. The summed E-state index contributed by atoms with van der Waals surface area (Å²) in [5, 5.41) is 10.2. The lowest BCUT2D eigenvalue weighted by atomic mass is 10.3. The maximum atomic E-state index is 12.4. The van der Waals surface area contributed by atoms with Crippen LogP contribution in [0.2, 0.25) is 0 Å². The van der Waals surface area contributed by atoms with E-state index in [9.17, 15) is 4.79 Å². The molecule has 1 amide bonds. The van der Waals surface area contributed by atoms with E-state index in [0.717, 1.165) is 58.7 Å². The van der Waals surface area contributed by atoms with E-state index < -0.39 is 0 Å². The van der Waals surface area contributed by atoms with Crippen molar-refractivity contribution in [1.29, 1.82) is 0 Å². The van der Waals surface area contributed by atoms with Gasteiger partial charge in [0.05, 0.1) is 6.26 Å². The predicted octanol–water partition coefficient (Wildman–Crippen LogP) is 0.284. The Bertz CT molecular complexity index is 380. The van der Waals surface area contributed by atoms with Crippen LogP contribution in [0.25, 0.3) is 0 Å². The highest BCUT2D eigenvalue weighted by Crippen LogP contribution is 2.06. The second kappa shape index (κ2) is 9.55. The van der Waals surface area contributed by atoms with Crippen molar-refractivity contribution in [2.45, 2.75) is 12.8 Å². The summed E-state index contributed by atoms with van der Waals surface area (Å²) < 4.78 is 5.22. The summed E-state index contributed by atoms with van der Waals surface area (Å²) in [6.45, 7) is 7.19. The molecule has 0 aliphatic carbocycles.